The van der Waals surface area contributed by atoms with Crippen LogP contribution in [0.4, 0.5) is 5.69 Å². The van der Waals surface area contributed by atoms with Gasteiger partial charge in [0.1, 0.15) is 5.56 Å². The lowest BCUT2D eigenvalue weighted by molar-refractivity contribution is -0.386. The molecule has 1 heterocycles. The number of nitro benzene ring substituents is 1. The van der Waals surface area contributed by atoms with Crippen LogP contribution in [0.5, 0.6) is 5.75 Å². The fourth-order valence-corrected chi connectivity index (χ4v) is 4.26. The van der Waals surface area contributed by atoms with E-state index < -0.39 is 19.1 Å². The molecule has 0 N–H and O–H groups in total. The number of carbonyl (C=O) groups is 2. The lowest BCUT2D eigenvalue weighted by Crippen LogP contribution is -2.45. The van der Waals surface area contributed by atoms with Crippen LogP contribution in [0.1, 0.15) is 37.6 Å². The molecule has 0 aliphatic carbocycles. The third-order valence-electron chi connectivity index (χ3n) is 6.36. The highest BCUT2D eigenvalue weighted by Gasteiger charge is 2.40. The maximum atomic E-state index is 13.5. The monoisotopic (exact) mass is 489 g/mol. The number of rotatable bonds is 8. The third-order valence-corrected chi connectivity index (χ3v) is 10.9. The van der Waals surface area contributed by atoms with Crippen LogP contribution in [0.3, 0.4) is 0 Å². The van der Waals surface area contributed by atoms with Crippen molar-refractivity contribution in [3.8, 4) is 5.75 Å². The van der Waals surface area contributed by atoms with Crippen molar-refractivity contribution < 1.29 is 23.7 Å². The van der Waals surface area contributed by atoms with Gasteiger partial charge in [-0.2, -0.15) is 0 Å². The molecule has 2 amide bonds. The average Bonchev–Trinajstić information content (AvgIpc) is 3.17. The second-order valence-electron chi connectivity index (χ2n) is 10.0. The predicted molar refractivity (Wildman–Crippen MR) is 133 cm³/mol. The molecule has 0 bridgehead atoms. The van der Waals surface area contributed by atoms with Crippen LogP contribution in [0.25, 0.3) is 0 Å². The number of hydrogen-bond donors (Lipinski definition) is 0. The second kappa shape index (κ2) is 10.5. The number of para-hydroxylation sites is 1. The van der Waals surface area contributed by atoms with Gasteiger partial charge in [-0.3, -0.25) is 19.7 Å². The van der Waals surface area contributed by atoms with E-state index in [0.29, 0.717) is 6.42 Å². The molecular formula is C24H35N3O6Si. The van der Waals surface area contributed by atoms with Gasteiger partial charge in [0.05, 0.1) is 24.7 Å². The molecule has 0 spiro atoms. The normalized spacial score (nSPS) is 16.5. The highest BCUT2D eigenvalue weighted by Crippen LogP contribution is 2.38. The van der Waals surface area contributed by atoms with Crippen LogP contribution in [0, 0.1) is 10.1 Å². The van der Waals surface area contributed by atoms with Crippen molar-refractivity contribution in [2.24, 2.45) is 0 Å². The van der Waals surface area contributed by atoms with Crippen molar-refractivity contribution in [3.05, 3.63) is 57.8 Å². The molecule has 1 aromatic rings. The predicted octanol–water partition coefficient (Wildman–Crippen LogP) is 4.37. The average molecular weight is 490 g/mol. The maximum absolute atomic E-state index is 13.5. The summed E-state index contributed by atoms with van der Waals surface area (Å²) in [4.78, 5) is 39.6. The summed E-state index contributed by atoms with van der Waals surface area (Å²) in [5.74, 6) is -0.676. The van der Waals surface area contributed by atoms with Gasteiger partial charge in [-0.05, 0) is 42.3 Å². The van der Waals surface area contributed by atoms with E-state index in [9.17, 15) is 19.7 Å². The van der Waals surface area contributed by atoms with Gasteiger partial charge in [-0.25, -0.2) is 0 Å². The molecule has 9 nitrogen and oxygen atoms in total. The summed E-state index contributed by atoms with van der Waals surface area (Å²) in [6.45, 7) is 11.0. The Balaban J connectivity index is 2.43. The number of amides is 2. The molecule has 1 aliphatic heterocycles. The summed E-state index contributed by atoms with van der Waals surface area (Å²) >= 11 is 0. The van der Waals surface area contributed by atoms with Gasteiger partial charge in [0.2, 0.25) is 5.91 Å². The number of benzene rings is 1. The first kappa shape index (κ1) is 27.3. The lowest BCUT2D eigenvalue weighted by Gasteiger charge is -2.38. The molecule has 1 aliphatic rings. The Morgan fingerprint density at radius 3 is 2.47 bits per heavy atom. The van der Waals surface area contributed by atoms with Gasteiger partial charge >= 0.3 is 5.69 Å². The molecule has 186 valence electrons. The molecule has 1 atom stereocenters. The summed E-state index contributed by atoms with van der Waals surface area (Å²) in [6, 6.07) is 4.07. The molecule has 1 aromatic carbocycles. The van der Waals surface area contributed by atoms with Crippen molar-refractivity contribution in [2.75, 3.05) is 27.8 Å². The Labute approximate surface area is 202 Å². The number of allylic oxidation sites excluding steroid dienone is 1. The highest BCUT2D eigenvalue weighted by atomic mass is 28.4. The van der Waals surface area contributed by atoms with Crippen LogP contribution in [0.2, 0.25) is 18.1 Å². The highest BCUT2D eigenvalue weighted by molar-refractivity contribution is 6.74. The van der Waals surface area contributed by atoms with Crippen LogP contribution < -0.4 is 4.74 Å². The molecule has 0 fully saturated rings. The first-order valence-electron chi connectivity index (χ1n) is 11.1. The first-order valence-corrected chi connectivity index (χ1v) is 14.0. The van der Waals surface area contributed by atoms with E-state index in [-0.39, 0.29) is 40.6 Å². The van der Waals surface area contributed by atoms with E-state index in [2.05, 4.69) is 33.9 Å². The van der Waals surface area contributed by atoms with Crippen molar-refractivity contribution in [3.63, 3.8) is 0 Å². The largest absolute Gasteiger partial charge is 0.490 e. The summed E-state index contributed by atoms with van der Waals surface area (Å²) < 4.78 is 11.5. The minimum atomic E-state index is -2.10. The van der Waals surface area contributed by atoms with Crippen LogP contribution >= 0.6 is 0 Å². The van der Waals surface area contributed by atoms with Gasteiger partial charge in [0, 0.05) is 26.4 Å². The SMILES string of the molecule is COc1cccc(C(=O)N2C=C(/C=C/C(=O)N(C)C)C[C@H]2CO[Si](C)(C)C(C)(C)C)c1[N+](=O)[O-]. The van der Waals surface area contributed by atoms with E-state index in [0.717, 1.165) is 5.57 Å². The zero-order valence-electron chi connectivity index (χ0n) is 21.2. The maximum Gasteiger partial charge on any atom is 0.323 e. The Hall–Kier alpha value is -2.98. The summed E-state index contributed by atoms with van der Waals surface area (Å²) in [7, 11) is 2.54. The number of carbonyl (C=O) groups excluding carboxylic acids is 2. The quantitative estimate of drug-likeness (QED) is 0.233. The van der Waals surface area contributed by atoms with Crippen molar-refractivity contribution in [1.82, 2.24) is 9.80 Å². The fraction of sp³-hybridized carbons (Fsp3) is 0.500. The summed E-state index contributed by atoms with van der Waals surface area (Å²) in [5.41, 5.74) is 0.324. The Bertz CT molecular complexity index is 1010. The first-order chi connectivity index (χ1) is 15.7. The molecule has 0 unspecified atom stereocenters. The van der Waals surface area contributed by atoms with E-state index in [1.807, 2.05) is 0 Å². The smallest absolute Gasteiger partial charge is 0.323 e. The molecule has 0 radical (unpaired) electrons. The summed E-state index contributed by atoms with van der Waals surface area (Å²) in [6.07, 6.45) is 5.23. The zero-order chi connectivity index (χ0) is 25.8. The zero-order valence-corrected chi connectivity index (χ0v) is 22.2. The minimum Gasteiger partial charge on any atom is -0.490 e. The molecule has 2 rings (SSSR count). The topological polar surface area (TPSA) is 102 Å². The number of nitrogens with zero attached hydrogens (tertiary/aromatic N) is 3. The van der Waals surface area contributed by atoms with E-state index in [1.165, 1.54) is 35.1 Å². The van der Waals surface area contributed by atoms with E-state index in [4.69, 9.17) is 9.16 Å². The van der Waals surface area contributed by atoms with Gasteiger partial charge < -0.3 is 19.0 Å². The van der Waals surface area contributed by atoms with Gasteiger partial charge in [0.25, 0.3) is 5.91 Å². The minimum absolute atomic E-state index is 0.0136. The van der Waals surface area contributed by atoms with E-state index >= 15 is 0 Å². The fourth-order valence-electron chi connectivity index (χ4n) is 3.22. The number of nitro groups is 1. The molecule has 0 saturated heterocycles. The van der Waals surface area contributed by atoms with Gasteiger partial charge in [-0.15, -0.1) is 0 Å². The second-order valence-corrected chi connectivity index (χ2v) is 14.8. The standard InChI is InChI=1S/C24H35N3O6Si/c1-24(2,3)34(7,8)33-16-18-14-17(12-13-21(28)25(4)5)15-26(18)23(29)19-10-9-11-20(32-6)22(19)27(30)31/h9-13,15,18H,14,16H2,1-8H3/b13-12+/t18-/m0/s1. The number of ether oxygens (including phenoxy) is 1. The third kappa shape index (κ3) is 6.12. The van der Waals surface area contributed by atoms with Gasteiger partial charge in [0.15, 0.2) is 14.1 Å². The van der Waals surface area contributed by atoms with Crippen LogP contribution in [-0.4, -0.2) is 68.7 Å². The number of methoxy groups -OCH3 is 1. The molecule has 0 saturated carbocycles. The van der Waals surface area contributed by atoms with Crippen molar-refractivity contribution >= 4 is 25.8 Å². The van der Waals surface area contributed by atoms with Crippen LogP contribution in [0.15, 0.2) is 42.1 Å². The Morgan fingerprint density at radius 1 is 1.29 bits per heavy atom. The molecule has 34 heavy (non-hydrogen) atoms. The molecule has 0 aromatic heterocycles. The van der Waals surface area contributed by atoms with Crippen molar-refractivity contribution in [1.29, 1.82) is 0 Å². The number of hydrogen-bond acceptors (Lipinski definition) is 6. The summed E-state index contributed by atoms with van der Waals surface area (Å²) in [5, 5.41) is 11.7. The Morgan fingerprint density at radius 2 is 1.94 bits per heavy atom. The van der Waals surface area contributed by atoms with E-state index in [1.54, 1.807) is 32.4 Å². The van der Waals surface area contributed by atoms with Crippen LogP contribution in [-0.2, 0) is 9.22 Å². The van der Waals surface area contributed by atoms with Gasteiger partial charge in [-0.1, -0.05) is 32.9 Å². The molecular weight excluding hydrogens is 454 g/mol. The van der Waals surface area contributed by atoms with Crippen molar-refractivity contribution in [2.45, 2.75) is 51.4 Å². The number of likely N-dealkylation sites (N-methyl/N-ethyl adjacent to an activating group) is 1. The molecule has 10 heteroatoms. The Kier molecular flexibility index (Phi) is 8.43. The lowest BCUT2D eigenvalue weighted by atomic mass is 10.1.